The molecule has 0 aliphatic carbocycles. The molecule has 0 aromatic carbocycles. The van der Waals surface area contributed by atoms with Crippen LogP contribution < -0.4 is 4.74 Å². The van der Waals surface area contributed by atoms with Gasteiger partial charge < -0.3 is 9.84 Å². The Bertz CT molecular complexity index is 293. The summed E-state index contributed by atoms with van der Waals surface area (Å²) in [6, 6.07) is 1.47. The number of hydrogen-bond acceptors (Lipinski definition) is 3. The molecule has 0 saturated heterocycles. The largest absolute Gasteiger partial charge is 0.512 e. The van der Waals surface area contributed by atoms with Crippen molar-refractivity contribution in [2.45, 2.75) is 6.54 Å². The molecular weight excluding hydrogens is 160 g/mol. The number of nitrogens with zero attached hydrogens (tertiary/aromatic N) is 2. The highest BCUT2D eigenvalue weighted by atomic mass is 16.7. The predicted octanol–water partition coefficient (Wildman–Crippen LogP) is 1.13. The molecule has 0 aliphatic heterocycles. The summed E-state index contributed by atoms with van der Waals surface area (Å²) in [7, 11) is 0. The molecule has 0 amide bonds. The van der Waals surface area contributed by atoms with Crippen molar-refractivity contribution in [2.75, 3.05) is 0 Å². The van der Waals surface area contributed by atoms with E-state index in [4.69, 9.17) is 5.11 Å². The van der Waals surface area contributed by atoms with E-state index in [0.29, 0.717) is 6.54 Å². The molecule has 64 valence electrons. The Morgan fingerprint density at radius 3 is 3.25 bits per heavy atom. The normalized spacial score (nSPS) is 9.33. The lowest BCUT2D eigenvalue weighted by atomic mass is 10.6. The monoisotopic (exact) mass is 168 g/mol. The Labute approximate surface area is 68.9 Å². The van der Waals surface area contributed by atoms with Crippen LogP contribution in [0.5, 0.6) is 5.88 Å². The summed E-state index contributed by atoms with van der Waals surface area (Å²) in [6.45, 7) is 3.92. The van der Waals surface area contributed by atoms with E-state index < -0.39 is 6.16 Å². The number of aromatic nitrogens is 2. The molecule has 12 heavy (non-hydrogen) atoms. The van der Waals surface area contributed by atoms with Crippen LogP contribution in [0.15, 0.2) is 24.9 Å². The molecule has 0 saturated carbocycles. The van der Waals surface area contributed by atoms with Gasteiger partial charge in [-0.1, -0.05) is 6.08 Å². The molecular formula is C7H8N2O3. The smallest absolute Gasteiger partial charge is 0.449 e. The lowest BCUT2D eigenvalue weighted by Crippen LogP contribution is -2.08. The van der Waals surface area contributed by atoms with Gasteiger partial charge in [0.25, 0.3) is 0 Å². The second-order valence-corrected chi connectivity index (χ2v) is 2.01. The Morgan fingerprint density at radius 1 is 1.92 bits per heavy atom. The number of allylic oxidation sites excluding steroid dienone is 1. The molecule has 0 bridgehead atoms. The summed E-state index contributed by atoms with van der Waals surface area (Å²) in [6.07, 6.45) is 1.71. The van der Waals surface area contributed by atoms with Crippen LogP contribution in [0.2, 0.25) is 0 Å². The van der Waals surface area contributed by atoms with Crippen LogP contribution in [-0.4, -0.2) is 21.0 Å². The summed E-state index contributed by atoms with van der Waals surface area (Å²) in [5.74, 6) is 0.197. The molecule has 5 heteroatoms. The van der Waals surface area contributed by atoms with E-state index in [2.05, 4.69) is 16.4 Å². The fourth-order valence-electron chi connectivity index (χ4n) is 0.756. The highest BCUT2D eigenvalue weighted by molar-refractivity contribution is 5.60. The zero-order valence-electron chi connectivity index (χ0n) is 6.30. The molecule has 0 fully saturated rings. The van der Waals surface area contributed by atoms with Gasteiger partial charge in [-0.05, 0) is 0 Å². The lowest BCUT2D eigenvalue weighted by molar-refractivity contribution is 0.140. The van der Waals surface area contributed by atoms with Gasteiger partial charge in [0.15, 0.2) is 0 Å². The van der Waals surface area contributed by atoms with Gasteiger partial charge in [0.1, 0.15) is 0 Å². The van der Waals surface area contributed by atoms with E-state index in [1.54, 1.807) is 6.08 Å². The number of ether oxygens (including phenoxy) is 1. The van der Waals surface area contributed by atoms with Crippen LogP contribution in [-0.2, 0) is 6.54 Å². The van der Waals surface area contributed by atoms with Crippen molar-refractivity contribution in [3.8, 4) is 5.88 Å². The van der Waals surface area contributed by atoms with E-state index in [9.17, 15) is 4.79 Å². The standard InChI is InChI=1S/C7H8N2O3/c1-2-5-9-6(3-4-8-9)12-7(10)11/h2-4H,1,5H2,(H,10,11). The van der Waals surface area contributed by atoms with Crippen LogP contribution in [0.3, 0.4) is 0 Å². The third kappa shape index (κ3) is 1.85. The van der Waals surface area contributed by atoms with Gasteiger partial charge in [-0.25, -0.2) is 9.48 Å². The number of carboxylic acid groups (broad SMARTS) is 1. The number of hydrogen-bond donors (Lipinski definition) is 1. The van der Waals surface area contributed by atoms with Gasteiger partial charge in [0.05, 0.1) is 12.7 Å². The molecule has 1 aromatic heterocycles. The van der Waals surface area contributed by atoms with E-state index in [1.807, 2.05) is 0 Å². The van der Waals surface area contributed by atoms with Gasteiger partial charge in [-0.15, -0.1) is 6.58 Å². The molecule has 1 heterocycles. The second-order valence-electron chi connectivity index (χ2n) is 2.01. The Balaban J connectivity index is 2.76. The molecule has 5 nitrogen and oxygen atoms in total. The molecule has 1 N–H and O–H groups in total. The minimum absolute atomic E-state index is 0.197. The highest BCUT2D eigenvalue weighted by Gasteiger charge is 2.05. The first-order valence-corrected chi connectivity index (χ1v) is 3.27. The maximum Gasteiger partial charge on any atom is 0.512 e. The number of carbonyl (C=O) groups is 1. The first-order valence-electron chi connectivity index (χ1n) is 3.27. The Kier molecular flexibility index (Phi) is 2.47. The summed E-state index contributed by atoms with van der Waals surface area (Å²) >= 11 is 0. The highest BCUT2D eigenvalue weighted by Crippen LogP contribution is 2.08. The fraction of sp³-hybridized carbons (Fsp3) is 0.143. The summed E-state index contributed by atoms with van der Waals surface area (Å²) in [5, 5.41) is 12.1. The fourth-order valence-corrected chi connectivity index (χ4v) is 0.756. The first kappa shape index (κ1) is 8.32. The first-order chi connectivity index (χ1) is 5.74. The predicted molar refractivity (Wildman–Crippen MR) is 41.1 cm³/mol. The van der Waals surface area contributed by atoms with Crippen molar-refractivity contribution in [1.29, 1.82) is 0 Å². The molecule has 1 rings (SSSR count). The Hall–Kier alpha value is -1.78. The minimum Gasteiger partial charge on any atom is -0.449 e. The molecule has 0 aliphatic rings. The third-order valence-corrected chi connectivity index (χ3v) is 1.17. The molecule has 0 spiro atoms. The van der Waals surface area contributed by atoms with Gasteiger partial charge >= 0.3 is 6.16 Å². The van der Waals surface area contributed by atoms with E-state index in [1.165, 1.54) is 16.9 Å². The summed E-state index contributed by atoms with van der Waals surface area (Å²) in [5.41, 5.74) is 0. The van der Waals surface area contributed by atoms with Crippen LogP contribution in [0.4, 0.5) is 4.79 Å². The second kappa shape index (κ2) is 3.56. The minimum atomic E-state index is -1.35. The maximum absolute atomic E-state index is 10.1. The van der Waals surface area contributed by atoms with Gasteiger partial charge in [-0.3, -0.25) is 0 Å². The summed E-state index contributed by atoms with van der Waals surface area (Å²) < 4.78 is 5.80. The van der Waals surface area contributed by atoms with Crippen molar-refractivity contribution in [3.63, 3.8) is 0 Å². The zero-order chi connectivity index (χ0) is 8.97. The van der Waals surface area contributed by atoms with E-state index in [0.717, 1.165) is 0 Å². The van der Waals surface area contributed by atoms with Crippen LogP contribution in [0, 0.1) is 0 Å². The molecule has 1 aromatic rings. The number of rotatable bonds is 3. The maximum atomic E-state index is 10.1. The quantitative estimate of drug-likeness (QED) is 0.542. The molecule has 0 atom stereocenters. The van der Waals surface area contributed by atoms with Crippen molar-refractivity contribution in [2.24, 2.45) is 0 Å². The average Bonchev–Trinajstić information content (AvgIpc) is 2.37. The topological polar surface area (TPSA) is 64.4 Å². The van der Waals surface area contributed by atoms with Crippen LogP contribution in [0.25, 0.3) is 0 Å². The van der Waals surface area contributed by atoms with E-state index >= 15 is 0 Å². The van der Waals surface area contributed by atoms with Gasteiger partial charge in [-0.2, -0.15) is 5.10 Å². The van der Waals surface area contributed by atoms with Crippen molar-refractivity contribution in [1.82, 2.24) is 9.78 Å². The van der Waals surface area contributed by atoms with E-state index in [-0.39, 0.29) is 5.88 Å². The van der Waals surface area contributed by atoms with Crippen molar-refractivity contribution in [3.05, 3.63) is 24.9 Å². The average molecular weight is 168 g/mol. The van der Waals surface area contributed by atoms with Crippen molar-refractivity contribution >= 4 is 6.16 Å². The van der Waals surface area contributed by atoms with Gasteiger partial charge in [0.2, 0.25) is 5.88 Å². The molecule has 0 radical (unpaired) electrons. The SMILES string of the molecule is C=CCn1nccc1OC(=O)O. The van der Waals surface area contributed by atoms with Gasteiger partial charge in [0, 0.05) is 6.07 Å². The summed E-state index contributed by atoms with van der Waals surface area (Å²) in [4.78, 5) is 10.1. The Morgan fingerprint density at radius 2 is 2.67 bits per heavy atom. The van der Waals surface area contributed by atoms with Crippen LogP contribution >= 0.6 is 0 Å². The van der Waals surface area contributed by atoms with Crippen LogP contribution in [0.1, 0.15) is 0 Å². The third-order valence-electron chi connectivity index (χ3n) is 1.17. The molecule has 0 unspecified atom stereocenters. The lowest BCUT2D eigenvalue weighted by Gasteiger charge is -2.01. The van der Waals surface area contributed by atoms with Crippen molar-refractivity contribution < 1.29 is 14.6 Å². The zero-order valence-corrected chi connectivity index (χ0v) is 6.30.